The summed E-state index contributed by atoms with van der Waals surface area (Å²) in [5.74, 6) is 0.608. The van der Waals surface area contributed by atoms with Crippen LogP contribution in [0.15, 0.2) is 48.5 Å². The van der Waals surface area contributed by atoms with Crippen LogP contribution in [0.3, 0.4) is 0 Å². The highest BCUT2D eigenvalue weighted by Gasteiger charge is 2.24. The van der Waals surface area contributed by atoms with E-state index in [1.54, 1.807) is 26.0 Å². The minimum absolute atomic E-state index is 0.116. The molecule has 2 N–H and O–H groups in total. The Labute approximate surface area is 184 Å². The summed E-state index contributed by atoms with van der Waals surface area (Å²) in [5.41, 5.74) is 1.96. The predicted octanol–water partition coefficient (Wildman–Crippen LogP) is 5.20. The van der Waals surface area contributed by atoms with Gasteiger partial charge in [-0.25, -0.2) is 0 Å². The van der Waals surface area contributed by atoms with Gasteiger partial charge in [-0.15, -0.1) is 0 Å². The van der Waals surface area contributed by atoms with E-state index in [0.29, 0.717) is 30.5 Å². The minimum atomic E-state index is -3.23. The lowest BCUT2D eigenvalue weighted by Crippen LogP contribution is -2.32. The summed E-state index contributed by atoms with van der Waals surface area (Å²) < 4.78 is 28.5. The van der Waals surface area contributed by atoms with Gasteiger partial charge < -0.3 is 24.2 Å². The van der Waals surface area contributed by atoms with Crippen LogP contribution >= 0.6 is 19.2 Å². The fourth-order valence-corrected chi connectivity index (χ4v) is 4.37. The Balaban J connectivity index is 1.80. The molecule has 2 unspecified atom stereocenters. The summed E-state index contributed by atoms with van der Waals surface area (Å²) in [4.78, 5) is 0. The molecule has 0 fully saturated rings. The maximum atomic E-state index is 12.4. The molecule has 0 saturated carbocycles. The molecule has 0 heterocycles. The van der Waals surface area contributed by atoms with E-state index in [-0.39, 0.29) is 12.4 Å². The highest BCUT2D eigenvalue weighted by atomic mass is 35.5. The topological polar surface area (TPSA) is 77.0 Å². The third kappa shape index (κ3) is 8.38. The second kappa shape index (κ2) is 12.5. The molecule has 6 nitrogen and oxygen atoms in total. The summed E-state index contributed by atoms with van der Waals surface area (Å²) in [6.45, 7) is 6.66. The van der Waals surface area contributed by atoms with Crippen LogP contribution in [0.1, 0.15) is 38.0 Å². The predicted molar refractivity (Wildman–Crippen MR) is 120 cm³/mol. The third-order valence-electron chi connectivity index (χ3n) is 4.42. The van der Waals surface area contributed by atoms with E-state index >= 15 is 0 Å². The highest BCUT2D eigenvalue weighted by Crippen LogP contribution is 2.47. The van der Waals surface area contributed by atoms with Crippen molar-refractivity contribution in [3.05, 3.63) is 64.7 Å². The van der Waals surface area contributed by atoms with Crippen LogP contribution in [-0.4, -0.2) is 37.3 Å². The Morgan fingerprint density at radius 3 is 2.20 bits per heavy atom. The van der Waals surface area contributed by atoms with Crippen LogP contribution < -0.4 is 10.1 Å². The Kier molecular flexibility index (Phi) is 10.3. The number of aliphatic hydroxyl groups is 1. The van der Waals surface area contributed by atoms with Crippen LogP contribution in [0.4, 0.5) is 0 Å². The van der Waals surface area contributed by atoms with Gasteiger partial charge in [-0.1, -0.05) is 35.9 Å². The summed E-state index contributed by atoms with van der Waals surface area (Å²) in [6, 6.07) is 15.0. The van der Waals surface area contributed by atoms with E-state index in [1.165, 1.54) is 0 Å². The van der Waals surface area contributed by atoms with Gasteiger partial charge in [0.05, 0.1) is 19.3 Å². The normalized spacial score (nSPS) is 13.8. The molecule has 2 atom stereocenters. The SMILES string of the molecule is CCOP(=O)(COc1ccc(CC(C)NCC(O)c2ccc(Cl)cc2)cc1)OCC. The fraction of sp³-hybridized carbons (Fsp3) is 0.455. The molecule has 2 aromatic carbocycles. The van der Waals surface area contributed by atoms with Gasteiger partial charge in [-0.05, 0) is 62.6 Å². The zero-order chi connectivity index (χ0) is 22.0. The molecule has 30 heavy (non-hydrogen) atoms. The van der Waals surface area contributed by atoms with Gasteiger partial charge in [-0.3, -0.25) is 4.57 Å². The van der Waals surface area contributed by atoms with E-state index < -0.39 is 13.7 Å². The first-order valence-electron chi connectivity index (χ1n) is 10.1. The van der Waals surface area contributed by atoms with Gasteiger partial charge in [-0.2, -0.15) is 0 Å². The minimum Gasteiger partial charge on any atom is -0.481 e. The van der Waals surface area contributed by atoms with Crippen molar-refractivity contribution in [3.8, 4) is 5.75 Å². The van der Waals surface area contributed by atoms with Crippen LogP contribution in [0.2, 0.25) is 5.02 Å². The largest absolute Gasteiger partial charge is 0.481 e. The Bertz CT molecular complexity index is 790. The zero-order valence-corrected chi connectivity index (χ0v) is 19.4. The average molecular weight is 456 g/mol. The molecule has 0 saturated heterocycles. The maximum Gasteiger partial charge on any atom is 0.367 e. The molecule has 0 aromatic heterocycles. The van der Waals surface area contributed by atoms with Crippen LogP contribution in [0.25, 0.3) is 0 Å². The number of ether oxygens (including phenoxy) is 1. The smallest absolute Gasteiger partial charge is 0.367 e. The molecule has 2 aromatic rings. The lowest BCUT2D eigenvalue weighted by Gasteiger charge is -2.18. The van der Waals surface area contributed by atoms with Crippen molar-refractivity contribution < 1.29 is 23.5 Å². The molecule has 0 spiro atoms. The van der Waals surface area contributed by atoms with E-state index in [4.69, 9.17) is 25.4 Å². The fourth-order valence-electron chi connectivity index (χ4n) is 2.92. The second-order valence-electron chi connectivity index (χ2n) is 6.94. The molecular formula is C22H31ClNO5P. The van der Waals surface area contributed by atoms with Crippen LogP contribution in [-0.2, 0) is 20.0 Å². The summed E-state index contributed by atoms with van der Waals surface area (Å²) in [5, 5.41) is 14.3. The van der Waals surface area contributed by atoms with Crippen LogP contribution in [0, 0.1) is 0 Å². The first-order valence-corrected chi connectivity index (χ1v) is 12.2. The molecule has 8 heteroatoms. The molecule has 0 aliphatic rings. The molecule has 0 aliphatic heterocycles. The van der Waals surface area contributed by atoms with Gasteiger partial charge in [0.2, 0.25) is 0 Å². The average Bonchev–Trinajstić information content (AvgIpc) is 2.72. The van der Waals surface area contributed by atoms with Crippen molar-refractivity contribution in [1.29, 1.82) is 0 Å². The quantitative estimate of drug-likeness (QED) is 0.404. The van der Waals surface area contributed by atoms with Gasteiger partial charge in [0.15, 0.2) is 6.35 Å². The van der Waals surface area contributed by atoms with Crippen molar-refractivity contribution >= 4 is 19.2 Å². The lowest BCUT2D eigenvalue weighted by molar-refractivity contribution is 0.170. The number of aliphatic hydroxyl groups excluding tert-OH is 1. The van der Waals surface area contributed by atoms with Crippen LogP contribution in [0.5, 0.6) is 5.75 Å². The monoisotopic (exact) mass is 455 g/mol. The third-order valence-corrected chi connectivity index (χ3v) is 6.42. The highest BCUT2D eigenvalue weighted by molar-refractivity contribution is 7.53. The summed E-state index contributed by atoms with van der Waals surface area (Å²) in [7, 11) is -3.23. The first kappa shape index (κ1) is 24.9. The summed E-state index contributed by atoms with van der Waals surface area (Å²) >= 11 is 5.88. The van der Waals surface area contributed by atoms with E-state index in [0.717, 1.165) is 17.5 Å². The number of nitrogens with one attached hydrogen (secondary N) is 1. The number of rotatable bonds is 13. The molecule has 0 amide bonds. The van der Waals surface area contributed by atoms with Crippen molar-refractivity contribution in [2.45, 2.75) is 39.3 Å². The number of hydrogen-bond acceptors (Lipinski definition) is 6. The number of halogens is 1. The first-order chi connectivity index (χ1) is 14.3. The summed E-state index contributed by atoms with van der Waals surface area (Å²) in [6.07, 6.45) is 0.0883. The Hall–Kier alpha value is -1.40. The van der Waals surface area contributed by atoms with Gasteiger partial charge >= 0.3 is 7.60 Å². The molecule has 166 valence electrons. The Morgan fingerprint density at radius 1 is 1.03 bits per heavy atom. The van der Waals surface area contributed by atoms with Crippen molar-refractivity contribution in [2.75, 3.05) is 26.1 Å². The molecule has 0 bridgehead atoms. The van der Waals surface area contributed by atoms with Gasteiger partial charge in [0.1, 0.15) is 5.75 Å². The maximum absolute atomic E-state index is 12.4. The second-order valence-corrected chi connectivity index (χ2v) is 9.38. The van der Waals surface area contributed by atoms with Gasteiger partial charge in [0, 0.05) is 17.6 Å². The van der Waals surface area contributed by atoms with E-state index in [1.807, 2.05) is 36.4 Å². The lowest BCUT2D eigenvalue weighted by atomic mass is 10.1. The molecule has 0 aliphatic carbocycles. The molecular weight excluding hydrogens is 425 g/mol. The standard InChI is InChI=1S/C22H31ClNO5P/c1-4-28-30(26,29-5-2)16-27-21-12-6-18(7-13-21)14-17(3)24-15-22(25)19-8-10-20(23)11-9-19/h6-13,17,22,24-25H,4-5,14-16H2,1-3H3. The van der Waals surface area contributed by atoms with Crippen molar-refractivity contribution in [2.24, 2.45) is 0 Å². The van der Waals surface area contributed by atoms with E-state index in [9.17, 15) is 9.67 Å². The zero-order valence-electron chi connectivity index (χ0n) is 17.7. The Morgan fingerprint density at radius 2 is 1.63 bits per heavy atom. The van der Waals surface area contributed by atoms with Crippen molar-refractivity contribution in [3.63, 3.8) is 0 Å². The molecule has 0 radical (unpaired) electrons. The van der Waals surface area contributed by atoms with Crippen molar-refractivity contribution in [1.82, 2.24) is 5.32 Å². The molecule has 2 rings (SSSR count). The van der Waals surface area contributed by atoms with E-state index in [2.05, 4.69) is 12.2 Å². The number of benzene rings is 2. The van der Waals surface area contributed by atoms with Gasteiger partial charge in [0.25, 0.3) is 0 Å². The number of hydrogen-bond donors (Lipinski definition) is 2.